The molecule has 0 bridgehead atoms. The van der Waals surface area contributed by atoms with Gasteiger partial charge in [-0.3, -0.25) is 10.1 Å². The molecule has 0 radical (unpaired) electrons. The van der Waals surface area contributed by atoms with E-state index in [1.165, 1.54) is 6.07 Å². The average Bonchev–Trinajstić information content (AvgIpc) is 2.13. The number of hydrogen-bond donors (Lipinski definition) is 0. The minimum absolute atomic E-state index is 0.00942. The van der Waals surface area contributed by atoms with Gasteiger partial charge in [-0.2, -0.15) is 9.65 Å². The van der Waals surface area contributed by atoms with Crippen molar-refractivity contribution >= 4 is 21.6 Å². The van der Waals surface area contributed by atoms with Crippen molar-refractivity contribution in [1.29, 1.82) is 5.26 Å². The van der Waals surface area contributed by atoms with Crippen molar-refractivity contribution in [2.24, 2.45) is 0 Å². The monoisotopic (exact) mass is 258 g/mol. The third-order valence-electron chi connectivity index (χ3n) is 1.61. The van der Waals surface area contributed by atoms with Gasteiger partial charge in [-0.25, -0.2) is 0 Å². The summed E-state index contributed by atoms with van der Waals surface area (Å²) in [5.74, 6) is -0.942. The molecule has 0 unspecified atom stereocenters. The molecule has 0 aliphatic heterocycles. The van der Waals surface area contributed by atoms with E-state index in [1.54, 1.807) is 0 Å². The third-order valence-corrected chi connectivity index (χ3v) is 2.47. The number of nitro benzene ring substituents is 1. The average molecular weight is 259 g/mol. The summed E-state index contributed by atoms with van der Waals surface area (Å²) in [6.07, 6.45) is 0.00942. The Morgan fingerprint density at radius 2 is 2.29 bits per heavy atom. The fraction of sp³-hybridized carbons (Fsp3) is 0.125. The predicted octanol–water partition coefficient (Wildman–Crippen LogP) is 2.56. The topological polar surface area (TPSA) is 66.9 Å². The highest BCUT2D eigenvalue weighted by atomic mass is 79.9. The van der Waals surface area contributed by atoms with Crippen LogP contribution in [0.15, 0.2) is 16.6 Å². The Morgan fingerprint density at radius 3 is 2.79 bits per heavy atom. The number of nitro groups is 1. The van der Waals surface area contributed by atoms with Crippen molar-refractivity contribution in [1.82, 2.24) is 0 Å². The molecule has 0 amide bonds. The molecule has 0 aliphatic carbocycles. The van der Waals surface area contributed by atoms with Crippen LogP contribution in [0.3, 0.4) is 0 Å². The predicted molar refractivity (Wildman–Crippen MR) is 50.1 cm³/mol. The summed E-state index contributed by atoms with van der Waals surface area (Å²) < 4.78 is 13.2. The molecular formula is C8H4BrFN2O2. The Labute approximate surface area is 87.2 Å². The first kappa shape index (κ1) is 10.6. The number of rotatable bonds is 2. The summed E-state index contributed by atoms with van der Waals surface area (Å²) in [4.78, 5) is 9.51. The Balaban J connectivity index is 3.27. The van der Waals surface area contributed by atoms with Crippen molar-refractivity contribution in [3.05, 3.63) is 38.1 Å². The first-order valence-corrected chi connectivity index (χ1v) is 4.35. The van der Waals surface area contributed by atoms with E-state index in [1.807, 2.05) is 6.07 Å². The van der Waals surface area contributed by atoms with E-state index in [4.69, 9.17) is 5.26 Å². The number of halogens is 2. The van der Waals surface area contributed by atoms with E-state index in [0.29, 0.717) is 5.56 Å². The highest BCUT2D eigenvalue weighted by molar-refractivity contribution is 9.10. The van der Waals surface area contributed by atoms with Gasteiger partial charge in [0.15, 0.2) is 0 Å². The molecule has 0 heterocycles. The smallest absolute Gasteiger partial charge is 0.258 e. The maximum absolute atomic E-state index is 13.2. The second kappa shape index (κ2) is 4.15. The molecule has 0 saturated carbocycles. The van der Waals surface area contributed by atoms with Crippen molar-refractivity contribution < 1.29 is 9.31 Å². The second-order valence-electron chi connectivity index (χ2n) is 2.46. The molecule has 4 nitrogen and oxygen atoms in total. The summed E-state index contributed by atoms with van der Waals surface area (Å²) in [6, 6.07) is 4.24. The van der Waals surface area contributed by atoms with E-state index in [9.17, 15) is 14.5 Å². The molecule has 0 aromatic heterocycles. The van der Waals surface area contributed by atoms with Crippen molar-refractivity contribution in [2.45, 2.75) is 6.42 Å². The molecule has 0 spiro atoms. The van der Waals surface area contributed by atoms with Gasteiger partial charge in [0, 0.05) is 6.07 Å². The van der Waals surface area contributed by atoms with Gasteiger partial charge in [0.25, 0.3) is 0 Å². The van der Waals surface area contributed by atoms with Crippen LogP contribution in [0.25, 0.3) is 0 Å². The maximum atomic E-state index is 13.2. The van der Waals surface area contributed by atoms with Crippen LogP contribution >= 0.6 is 15.9 Å². The largest absolute Gasteiger partial charge is 0.305 e. The molecule has 14 heavy (non-hydrogen) atoms. The molecule has 0 saturated heterocycles. The van der Waals surface area contributed by atoms with Gasteiger partial charge >= 0.3 is 5.69 Å². The minimum Gasteiger partial charge on any atom is -0.258 e. The quantitative estimate of drug-likeness (QED) is 0.605. The van der Waals surface area contributed by atoms with Gasteiger partial charge < -0.3 is 0 Å². The third kappa shape index (κ3) is 1.88. The van der Waals surface area contributed by atoms with Crippen LogP contribution in [0.2, 0.25) is 0 Å². The molecule has 0 atom stereocenters. The van der Waals surface area contributed by atoms with Gasteiger partial charge in [0.05, 0.1) is 21.9 Å². The van der Waals surface area contributed by atoms with E-state index in [-0.39, 0.29) is 10.9 Å². The number of nitrogens with zero attached hydrogens (tertiary/aromatic N) is 2. The molecule has 0 N–H and O–H groups in total. The number of nitriles is 1. The Hall–Kier alpha value is -1.48. The Kier molecular flexibility index (Phi) is 3.14. The van der Waals surface area contributed by atoms with E-state index < -0.39 is 16.4 Å². The fourth-order valence-electron chi connectivity index (χ4n) is 0.942. The lowest BCUT2D eigenvalue weighted by Crippen LogP contribution is -1.96. The van der Waals surface area contributed by atoms with Crippen LogP contribution in [0.5, 0.6) is 0 Å². The molecule has 6 heteroatoms. The lowest BCUT2D eigenvalue weighted by Gasteiger charge is -2.01. The lowest BCUT2D eigenvalue weighted by atomic mass is 10.1. The van der Waals surface area contributed by atoms with E-state index >= 15 is 0 Å². The van der Waals surface area contributed by atoms with E-state index in [2.05, 4.69) is 15.9 Å². The Bertz CT molecular complexity index is 428. The Morgan fingerprint density at radius 1 is 1.64 bits per heavy atom. The molecule has 1 aromatic rings. The minimum atomic E-state index is -0.942. The number of benzene rings is 1. The molecule has 0 fully saturated rings. The van der Waals surface area contributed by atoms with Crippen molar-refractivity contribution in [2.75, 3.05) is 0 Å². The van der Waals surface area contributed by atoms with Gasteiger partial charge in [-0.1, -0.05) is 0 Å². The van der Waals surface area contributed by atoms with Crippen LogP contribution in [-0.4, -0.2) is 4.92 Å². The van der Waals surface area contributed by atoms with Gasteiger partial charge in [-0.05, 0) is 27.6 Å². The summed E-state index contributed by atoms with van der Waals surface area (Å²) in [5, 5.41) is 18.7. The summed E-state index contributed by atoms with van der Waals surface area (Å²) in [6.45, 7) is 0. The van der Waals surface area contributed by atoms with Gasteiger partial charge in [0.1, 0.15) is 0 Å². The SMILES string of the molecule is N#CCc1ccc([N+](=O)[O-])c(F)c1Br. The van der Waals surface area contributed by atoms with E-state index in [0.717, 1.165) is 6.07 Å². The summed E-state index contributed by atoms with van der Waals surface area (Å²) in [5.41, 5.74) is -0.200. The van der Waals surface area contributed by atoms with Crippen molar-refractivity contribution in [3.8, 4) is 6.07 Å². The molecule has 72 valence electrons. The number of hydrogen-bond acceptors (Lipinski definition) is 3. The fourth-order valence-corrected chi connectivity index (χ4v) is 1.42. The first-order chi connectivity index (χ1) is 6.57. The summed E-state index contributed by atoms with van der Waals surface area (Å²) in [7, 11) is 0. The lowest BCUT2D eigenvalue weighted by molar-refractivity contribution is -0.387. The highest BCUT2D eigenvalue weighted by Gasteiger charge is 2.18. The van der Waals surface area contributed by atoms with Gasteiger partial charge in [-0.15, -0.1) is 0 Å². The van der Waals surface area contributed by atoms with Crippen LogP contribution < -0.4 is 0 Å². The van der Waals surface area contributed by atoms with Crippen LogP contribution in [0.4, 0.5) is 10.1 Å². The van der Waals surface area contributed by atoms with Crippen LogP contribution in [0, 0.1) is 27.3 Å². The molecule has 1 rings (SSSR count). The standard InChI is InChI=1S/C8H4BrFN2O2/c9-7-5(3-4-11)1-2-6(8(7)10)12(13)14/h1-2H,3H2. The molecular weight excluding hydrogens is 255 g/mol. The summed E-state index contributed by atoms with van der Waals surface area (Å²) >= 11 is 2.87. The zero-order chi connectivity index (χ0) is 10.7. The zero-order valence-electron chi connectivity index (χ0n) is 6.83. The second-order valence-corrected chi connectivity index (χ2v) is 3.26. The zero-order valence-corrected chi connectivity index (χ0v) is 8.41. The van der Waals surface area contributed by atoms with Gasteiger partial charge in [0.2, 0.25) is 5.82 Å². The molecule has 1 aromatic carbocycles. The van der Waals surface area contributed by atoms with Crippen molar-refractivity contribution in [3.63, 3.8) is 0 Å². The van der Waals surface area contributed by atoms with Crippen LogP contribution in [0.1, 0.15) is 5.56 Å². The van der Waals surface area contributed by atoms with Crippen LogP contribution in [-0.2, 0) is 6.42 Å². The first-order valence-electron chi connectivity index (χ1n) is 3.56. The molecule has 0 aliphatic rings. The normalized spacial score (nSPS) is 9.50. The maximum Gasteiger partial charge on any atom is 0.305 e. The highest BCUT2D eigenvalue weighted by Crippen LogP contribution is 2.28.